The van der Waals surface area contributed by atoms with E-state index in [1.807, 2.05) is 87.1 Å². The second-order valence-electron chi connectivity index (χ2n) is 20.8. The van der Waals surface area contributed by atoms with Gasteiger partial charge in [0.15, 0.2) is 0 Å². The number of benzene rings is 3. The topological polar surface area (TPSA) is 251 Å². The summed E-state index contributed by atoms with van der Waals surface area (Å²) in [5.41, 5.74) is 4.88. The second kappa shape index (κ2) is 23.1. The molecule has 3 aromatic rings. The van der Waals surface area contributed by atoms with E-state index in [-0.39, 0.29) is 93.9 Å². The van der Waals surface area contributed by atoms with Crippen molar-refractivity contribution >= 4 is 69.1 Å². The van der Waals surface area contributed by atoms with Crippen LogP contribution < -0.4 is 37.2 Å². The lowest BCUT2D eigenvalue weighted by atomic mass is 9.85. The van der Waals surface area contributed by atoms with Gasteiger partial charge in [-0.05, 0) is 64.3 Å². The molecular weight excluding hydrogens is 993 g/mol. The van der Waals surface area contributed by atoms with Gasteiger partial charge in [0.05, 0.1) is 30.7 Å². The fourth-order valence-electron chi connectivity index (χ4n) is 9.81. The zero-order valence-corrected chi connectivity index (χ0v) is 44.3. The molecule has 5 saturated heterocycles. The molecule has 22 heteroatoms. The zero-order valence-electron chi connectivity index (χ0n) is 41.9. The van der Waals surface area contributed by atoms with Crippen molar-refractivity contribution < 1.29 is 42.3 Å². The quantitative estimate of drug-likeness (QED) is 0.103. The maximum atomic E-state index is 14.2. The summed E-state index contributed by atoms with van der Waals surface area (Å²) < 4.78 is 24.9. The Bertz CT molecular complexity index is 2650. The SMILES string of the molecule is CC1NCSC1c1ccc(CNC(=O)[C@@H]2C[C@@H](O)CN2C(=O)[C@@H](NC(=O)N2CC(C(=O)NCc3cccc(-c4cccc(C5CSC(NC(=O)CNC(=O)C6CCN(S(C)(=O)=O)C6)N5)c4)c3)C2)C(C)(C)C)cc1. The molecule has 0 aliphatic carbocycles. The highest BCUT2D eigenvalue weighted by atomic mass is 32.2. The lowest BCUT2D eigenvalue weighted by molar-refractivity contribution is -0.142. The molecule has 5 heterocycles. The minimum Gasteiger partial charge on any atom is -0.391 e. The second-order valence-corrected chi connectivity index (χ2v) is 25.0. The molecule has 73 heavy (non-hydrogen) atoms. The molecule has 0 aromatic heterocycles. The van der Waals surface area contributed by atoms with Crippen LogP contribution in [0.4, 0.5) is 4.79 Å². The van der Waals surface area contributed by atoms with Crippen molar-refractivity contribution in [1.82, 2.24) is 51.3 Å². The molecule has 5 aliphatic rings. The first-order valence-corrected chi connectivity index (χ1v) is 28.8. The number of urea groups is 1. The van der Waals surface area contributed by atoms with E-state index in [9.17, 15) is 42.3 Å². The molecule has 8 rings (SSSR count). The number of sulfonamides is 1. The van der Waals surface area contributed by atoms with E-state index in [1.54, 1.807) is 11.8 Å². The zero-order chi connectivity index (χ0) is 52.2. The summed E-state index contributed by atoms with van der Waals surface area (Å²) in [7, 11) is -3.37. The summed E-state index contributed by atoms with van der Waals surface area (Å²) in [5.74, 6) is -1.05. The highest BCUT2D eigenvalue weighted by Crippen LogP contribution is 2.36. The monoisotopic (exact) mass is 1060 g/mol. The molecule has 8 atom stereocenters. The van der Waals surface area contributed by atoms with E-state index in [4.69, 9.17) is 0 Å². The van der Waals surface area contributed by atoms with Crippen LogP contribution in [0.5, 0.6) is 0 Å². The minimum atomic E-state index is -3.37. The van der Waals surface area contributed by atoms with Gasteiger partial charge in [0, 0.05) is 81.2 Å². The molecule has 0 spiro atoms. The number of β-amino-alcohol motifs (C(OH)–C–C–N with tert-alkyl or cyclic N) is 1. The molecule has 394 valence electrons. The van der Waals surface area contributed by atoms with Crippen molar-refractivity contribution in [3.05, 3.63) is 95.1 Å². The number of rotatable bonds is 16. The normalized spacial score (nSPS) is 24.9. The molecule has 5 unspecified atom stereocenters. The number of nitrogens with one attached hydrogen (secondary N) is 7. The third-order valence-corrected chi connectivity index (χ3v) is 17.9. The minimum absolute atomic E-state index is 0.0348. The number of aliphatic hydroxyl groups is 1. The van der Waals surface area contributed by atoms with Gasteiger partial charge >= 0.3 is 6.03 Å². The van der Waals surface area contributed by atoms with Crippen molar-refractivity contribution in [3.8, 4) is 11.1 Å². The van der Waals surface area contributed by atoms with Crippen molar-refractivity contribution in [2.45, 2.75) is 94.6 Å². The van der Waals surface area contributed by atoms with Gasteiger partial charge < -0.3 is 46.8 Å². The van der Waals surface area contributed by atoms with Gasteiger partial charge in [-0.2, -0.15) is 0 Å². The Balaban J connectivity index is 0.772. The number of likely N-dealkylation sites (tertiary alicyclic amines) is 2. The van der Waals surface area contributed by atoms with Crippen LogP contribution in [0.25, 0.3) is 11.1 Å². The maximum absolute atomic E-state index is 14.2. The van der Waals surface area contributed by atoms with Crippen LogP contribution in [0.1, 0.15) is 74.1 Å². The fraction of sp³-hybridized carbons (Fsp3) is 0.529. The molecule has 5 aliphatic heterocycles. The largest absolute Gasteiger partial charge is 0.391 e. The number of aliphatic hydroxyl groups excluding tert-OH is 1. The van der Waals surface area contributed by atoms with Gasteiger partial charge in [0.2, 0.25) is 39.6 Å². The van der Waals surface area contributed by atoms with E-state index < -0.39 is 57.4 Å². The average Bonchev–Trinajstić information content (AvgIpc) is 4.19. The Morgan fingerprint density at radius 3 is 2.18 bits per heavy atom. The van der Waals surface area contributed by atoms with Crippen LogP contribution >= 0.6 is 23.5 Å². The van der Waals surface area contributed by atoms with Crippen LogP contribution in [0, 0.1) is 17.3 Å². The number of thioether (sulfide) groups is 2. The van der Waals surface area contributed by atoms with Crippen LogP contribution in [0.15, 0.2) is 72.8 Å². The Morgan fingerprint density at radius 1 is 0.808 bits per heavy atom. The predicted molar refractivity (Wildman–Crippen MR) is 281 cm³/mol. The molecule has 0 bridgehead atoms. The number of carbonyl (C=O) groups excluding carboxylic acids is 6. The van der Waals surface area contributed by atoms with Crippen LogP contribution in [-0.2, 0) is 47.1 Å². The number of carbonyl (C=O) groups is 6. The standard InChI is InChI=1S/C51H68N10O9S3/c1-30-43(72-29-55-30)33-14-12-31(13-15-33)21-53-47(66)41-20-39(62)27-61(41)48(67)44(51(2,3)4)58-50(68)59-24-38(25-59)46(65)52-22-32-8-6-9-34(18-32)35-10-7-11-36(19-35)40-28-71-49(56-40)57-42(63)23-54-45(64)37-16-17-60(26-37)73(5,69)70/h6-15,18-19,30,37-41,43-44,49,55-56,62H,16-17,20-29H2,1-5H3,(H,52,65)(H,53,66)(H,54,64)(H,57,63)(H,58,68)/t30?,37?,39-,40?,41+,43?,44-,49?/m1/s1. The van der Waals surface area contributed by atoms with E-state index in [2.05, 4.69) is 62.3 Å². The molecule has 7 amide bonds. The number of amides is 7. The third-order valence-electron chi connectivity index (χ3n) is 14.2. The lowest BCUT2D eigenvalue weighted by Gasteiger charge is -2.41. The first-order chi connectivity index (χ1) is 34.7. The van der Waals surface area contributed by atoms with Crippen molar-refractivity contribution in [2.75, 3.05) is 57.2 Å². The van der Waals surface area contributed by atoms with Gasteiger partial charge in [0.25, 0.3) is 0 Å². The van der Waals surface area contributed by atoms with Crippen LogP contribution in [0.2, 0.25) is 0 Å². The van der Waals surface area contributed by atoms with Crippen molar-refractivity contribution in [3.63, 3.8) is 0 Å². The third kappa shape index (κ3) is 13.6. The van der Waals surface area contributed by atoms with E-state index in [0.717, 1.165) is 39.9 Å². The molecule has 8 N–H and O–H groups in total. The summed E-state index contributed by atoms with van der Waals surface area (Å²) >= 11 is 3.40. The van der Waals surface area contributed by atoms with E-state index in [1.165, 1.54) is 19.7 Å². The van der Waals surface area contributed by atoms with Crippen LogP contribution in [-0.4, -0.2) is 150 Å². The first kappa shape index (κ1) is 54.0. The summed E-state index contributed by atoms with van der Waals surface area (Å²) in [6, 6.07) is 22.0. The Labute approximate surface area is 435 Å². The van der Waals surface area contributed by atoms with Gasteiger partial charge in [-0.25, -0.2) is 17.5 Å². The van der Waals surface area contributed by atoms with Gasteiger partial charge in [-0.1, -0.05) is 81.4 Å². The number of hydrogen-bond donors (Lipinski definition) is 8. The summed E-state index contributed by atoms with van der Waals surface area (Å²) in [5, 5.41) is 32.3. The molecule has 3 aromatic carbocycles. The Hall–Kier alpha value is -5.23. The van der Waals surface area contributed by atoms with E-state index >= 15 is 0 Å². The summed E-state index contributed by atoms with van der Waals surface area (Å²) in [6.45, 7) is 8.68. The average molecular weight is 1060 g/mol. The van der Waals surface area contributed by atoms with Crippen LogP contribution in [0.3, 0.4) is 0 Å². The maximum Gasteiger partial charge on any atom is 0.318 e. The summed E-state index contributed by atoms with van der Waals surface area (Å²) in [4.78, 5) is 82.8. The molecule has 0 saturated carbocycles. The highest BCUT2D eigenvalue weighted by molar-refractivity contribution is 8.00. The lowest BCUT2D eigenvalue weighted by Crippen LogP contribution is -2.63. The molecular formula is C51H68N10O9S3. The Kier molecular flexibility index (Phi) is 17.1. The van der Waals surface area contributed by atoms with Gasteiger partial charge in [0.1, 0.15) is 17.6 Å². The number of nitrogens with zero attached hydrogens (tertiary/aromatic N) is 3. The van der Waals surface area contributed by atoms with Crippen molar-refractivity contribution in [2.24, 2.45) is 17.3 Å². The molecule has 19 nitrogen and oxygen atoms in total. The Morgan fingerprint density at radius 2 is 1.49 bits per heavy atom. The fourth-order valence-corrected chi connectivity index (χ4v) is 13.1. The highest BCUT2D eigenvalue weighted by Gasteiger charge is 2.46. The molecule has 0 radical (unpaired) electrons. The first-order valence-electron chi connectivity index (χ1n) is 24.8. The predicted octanol–water partition coefficient (Wildman–Crippen LogP) is 2.20. The van der Waals surface area contributed by atoms with Crippen molar-refractivity contribution in [1.29, 1.82) is 0 Å². The smallest absolute Gasteiger partial charge is 0.318 e. The molecule has 5 fully saturated rings. The van der Waals surface area contributed by atoms with E-state index in [0.29, 0.717) is 23.5 Å². The number of hydrogen-bond acceptors (Lipinski definition) is 13. The van der Waals surface area contributed by atoms with Gasteiger partial charge in [-0.3, -0.25) is 29.3 Å². The summed E-state index contributed by atoms with van der Waals surface area (Å²) in [6.07, 6.45) is 0.717. The van der Waals surface area contributed by atoms with Gasteiger partial charge in [-0.15, -0.1) is 23.5 Å².